The van der Waals surface area contributed by atoms with Crippen LogP contribution in [0.15, 0.2) is 30.3 Å². The van der Waals surface area contributed by atoms with E-state index in [0.29, 0.717) is 0 Å². The number of alkyl halides is 1. The Morgan fingerprint density at radius 2 is 1.89 bits per heavy atom. The quantitative estimate of drug-likeness (QED) is 0.603. The summed E-state index contributed by atoms with van der Waals surface area (Å²) in [4.78, 5) is 2.36. The van der Waals surface area contributed by atoms with E-state index >= 15 is 0 Å². The van der Waals surface area contributed by atoms with Gasteiger partial charge in [-0.05, 0) is 37.2 Å². The predicted octanol–water partition coefficient (Wildman–Crippen LogP) is 3.64. The zero-order chi connectivity index (χ0) is 13.7. The minimum absolute atomic E-state index is 0.135. The van der Waals surface area contributed by atoms with Crippen molar-refractivity contribution in [2.45, 2.75) is 37.1 Å². The van der Waals surface area contributed by atoms with Gasteiger partial charge in [-0.3, -0.25) is 4.90 Å². The normalized spacial score (nSPS) is 21.2. The summed E-state index contributed by atoms with van der Waals surface area (Å²) in [6.07, 6.45) is 3.42. The van der Waals surface area contributed by atoms with Gasteiger partial charge in [0, 0.05) is 26.8 Å². The number of piperidine rings is 1. The van der Waals surface area contributed by atoms with Gasteiger partial charge < -0.3 is 4.74 Å². The first kappa shape index (κ1) is 14.8. The summed E-state index contributed by atoms with van der Waals surface area (Å²) >= 11 is 6.20. The number of methoxy groups -OCH3 is 1. The van der Waals surface area contributed by atoms with Gasteiger partial charge in [0.2, 0.25) is 0 Å². The van der Waals surface area contributed by atoms with Crippen LogP contribution >= 0.6 is 11.6 Å². The van der Waals surface area contributed by atoms with Gasteiger partial charge in [0.1, 0.15) is 0 Å². The molecule has 2 nitrogen and oxygen atoms in total. The van der Waals surface area contributed by atoms with Gasteiger partial charge in [0.15, 0.2) is 0 Å². The first-order valence-corrected chi connectivity index (χ1v) is 7.54. The maximum absolute atomic E-state index is 6.20. The minimum Gasteiger partial charge on any atom is -0.385 e. The van der Waals surface area contributed by atoms with E-state index in [1.54, 1.807) is 7.11 Å². The highest BCUT2D eigenvalue weighted by Gasteiger charge is 2.36. The Kier molecular flexibility index (Phi) is 5.26. The summed E-state index contributed by atoms with van der Waals surface area (Å²) in [6, 6.07) is 10.9. The highest BCUT2D eigenvalue weighted by molar-refractivity contribution is 6.20. The first-order chi connectivity index (χ1) is 9.18. The van der Waals surface area contributed by atoms with Crippen molar-refractivity contribution in [1.29, 1.82) is 0 Å². The Labute approximate surface area is 121 Å². The maximum Gasteiger partial charge on any atom is 0.0821 e. The van der Waals surface area contributed by atoms with Crippen LogP contribution < -0.4 is 0 Å². The van der Waals surface area contributed by atoms with Crippen molar-refractivity contribution < 1.29 is 4.74 Å². The van der Waals surface area contributed by atoms with Gasteiger partial charge >= 0.3 is 0 Å². The molecule has 3 heteroatoms. The zero-order valence-corrected chi connectivity index (χ0v) is 12.7. The number of benzene rings is 1. The molecule has 1 aliphatic heterocycles. The molecule has 0 amide bonds. The van der Waals surface area contributed by atoms with Crippen LogP contribution in [0.1, 0.15) is 31.7 Å². The third kappa shape index (κ3) is 3.50. The zero-order valence-electron chi connectivity index (χ0n) is 11.9. The van der Waals surface area contributed by atoms with E-state index in [1.165, 1.54) is 5.56 Å². The average Bonchev–Trinajstić information content (AvgIpc) is 2.46. The fourth-order valence-corrected chi connectivity index (χ4v) is 3.28. The molecule has 0 N–H and O–H groups in total. The van der Waals surface area contributed by atoms with Gasteiger partial charge in [0.05, 0.1) is 5.50 Å². The van der Waals surface area contributed by atoms with E-state index in [2.05, 4.69) is 42.2 Å². The molecule has 0 aromatic heterocycles. The lowest BCUT2D eigenvalue weighted by atomic mass is 9.70. The third-order valence-electron chi connectivity index (χ3n) is 4.43. The average molecular weight is 282 g/mol. The van der Waals surface area contributed by atoms with Crippen molar-refractivity contribution in [1.82, 2.24) is 4.90 Å². The van der Waals surface area contributed by atoms with E-state index in [1.807, 2.05) is 0 Å². The molecule has 1 aromatic rings. The second kappa shape index (κ2) is 6.74. The Morgan fingerprint density at radius 1 is 1.26 bits per heavy atom. The number of nitrogens with zero attached hydrogens (tertiary/aromatic N) is 1. The maximum atomic E-state index is 6.20. The smallest absolute Gasteiger partial charge is 0.0821 e. The van der Waals surface area contributed by atoms with Crippen molar-refractivity contribution in [3.63, 3.8) is 0 Å². The SMILES string of the molecule is COCCC1(c2ccccc2)CCN(C(C)Cl)CC1. The third-order valence-corrected chi connectivity index (χ3v) is 4.71. The van der Waals surface area contributed by atoms with Gasteiger partial charge in [-0.2, -0.15) is 0 Å². The monoisotopic (exact) mass is 281 g/mol. The standard InChI is InChI=1S/C16H24ClNO/c1-14(17)18-11-8-16(9-12-18,10-13-19-2)15-6-4-3-5-7-15/h3-7,14H,8-13H2,1-2H3. The number of halogens is 1. The summed E-state index contributed by atoms with van der Waals surface area (Å²) in [5.74, 6) is 0. The molecular formula is C16H24ClNO. The molecule has 0 spiro atoms. The largest absolute Gasteiger partial charge is 0.385 e. The minimum atomic E-state index is 0.135. The predicted molar refractivity (Wildman–Crippen MR) is 80.7 cm³/mol. The van der Waals surface area contributed by atoms with Crippen LogP contribution in [0.3, 0.4) is 0 Å². The Hall–Kier alpha value is -0.570. The first-order valence-electron chi connectivity index (χ1n) is 7.10. The number of hydrogen-bond acceptors (Lipinski definition) is 2. The molecular weight excluding hydrogens is 258 g/mol. The van der Waals surface area contributed by atoms with Crippen LogP contribution in [0.2, 0.25) is 0 Å². The Morgan fingerprint density at radius 3 is 2.42 bits per heavy atom. The lowest BCUT2D eigenvalue weighted by molar-refractivity contribution is 0.109. The van der Waals surface area contributed by atoms with E-state index in [9.17, 15) is 0 Å². The molecule has 1 aliphatic rings. The molecule has 1 unspecified atom stereocenters. The van der Waals surface area contributed by atoms with Crippen LogP contribution in [0.4, 0.5) is 0 Å². The van der Waals surface area contributed by atoms with E-state index < -0.39 is 0 Å². The molecule has 0 aliphatic carbocycles. The summed E-state index contributed by atoms with van der Waals surface area (Å²) in [5, 5.41) is 0. The topological polar surface area (TPSA) is 12.5 Å². The van der Waals surface area contributed by atoms with Crippen LogP contribution in [0, 0.1) is 0 Å². The van der Waals surface area contributed by atoms with E-state index in [-0.39, 0.29) is 10.9 Å². The van der Waals surface area contributed by atoms with Crippen molar-refractivity contribution >= 4 is 11.6 Å². The molecule has 19 heavy (non-hydrogen) atoms. The summed E-state index contributed by atoms with van der Waals surface area (Å²) in [6.45, 7) is 5.03. The summed E-state index contributed by atoms with van der Waals surface area (Å²) < 4.78 is 5.33. The highest BCUT2D eigenvalue weighted by Crippen LogP contribution is 2.39. The van der Waals surface area contributed by atoms with Crippen molar-refractivity contribution in [3.8, 4) is 0 Å². The Balaban J connectivity index is 2.14. The molecule has 1 heterocycles. The second-order valence-corrected chi connectivity index (χ2v) is 6.13. The van der Waals surface area contributed by atoms with E-state index in [0.717, 1.165) is 39.0 Å². The second-order valence-electron chi connectivity index (χ2n) is 5.50. The fourth-order valence-electron chi connectivity index (χ4n) is 3.08. The van der Waals surface area contributed by atoms with Crippen molar-refractivity contribution in [2.75, 3.05) is 26.8 Å². The van der Waals surface area contributed by atoms with Gasteiger partial charge in [-0.15, -0.1) is 11.6 Å². The van der Waals surface area contributed by atoms with Crippen molar-refractivity contribution in [2.24, 2.45) is 0 Å². The molecule has 0 bridgehead atoms. The fraction of sp³-hybridized carbons (Fsp3) is 0.625. The van der Waals surface area contributed by atoms with Crippen LogP contribution in [-0.4, -0.2) is 37.2 Å². The molecule has 1 saturated heterocycles. The molecule has 2 rings (SSSR count). The van der Waals surface area contributed by atoms with Crippen LogP contribution in [0.25, 0.3) is 0 Å². The number of rotatable bonds is 5. The molecule has 0 saturated carbocycles. The number of hydrogen-bond donors (Lipinski definition) is 0. The van der Waals surface area contributed by atoms with Crippen LogP contribution in [0.5, 0.6) is 0 Å². The Bertz CT molecular complexity index is 372. The summed E-state index contributed by atoms with van der Waals surface area (Å²) in [7, 11) is 1.79. The van der Waals surface area contributed by atoms with Crippen molar-refractivity contribution in [3.05, 3.63) is 35.9 Å². The number of likely N-dealkylation sites (tertiary alicyclic amines) is 1. The highest BCUT2D eigenvalue weighted by atomic mass is 35.5. The lowest BCUT2D eigenvalue weighted by Crippen LogP contribution is -2.45. The van der Waals surface area contributed by atoms with Crippen LogP contribution in [-0.2, 0) is 10.2 Å². The van der Waals surface area contributed by atoms with Gasteiger partial charge in [0.25, 0.3) is 0 Å². The summed E-state index contributed by atoms with van der Waals surface area (Å²) in [5.41, 5.74) is 1.85. The van der Waals surface area contributed by atoms with Gasteiger partial charge in [-0.1, -0.05) is 30.3 Å². The lowest BCUT2D eigenvalue weighted by Gasteiger charge is -2.43. The molecule has 1 aromatic carbocycles. The van der Waals surface area contributed by atoms with E-state index in [4.69, 9.17) is 16.3 Å². The molecule has 1 atom stereocenters. The van der Waals surface area contributed by atoms with Gasteiger partial charge in [-0.25, -0.2) is 0 Å². The number of ether oxygens (including phenoxy) is 1. The molecule has 106 valence electrons. The molecule has 1 fully saturated rings. The molecule has 0 radical (unpaired) electrons.